The van der Waals surface area contributed by atoms with Crippen molar-refractivity contribution in [1.82, 2.24) is 5.32 Å². The summed E-state index contributed by atoms with van der Waals surface area (Å²) in [6, 6.07) is 3.58. The molecule has 17 heavy (non-hydrogen) atoms. The third kappa shape index (κ3) is 5.97. The van der Waals surface area contributed by atoms with Crippen molar-refractivity contribution < 1.29 is 18.0 Å². The monoisotopic (exact) mass is 283 g/mol. The molecular formula is C10H12F3NOS2. The highest BCUT2D eigenvalue weighted by atomic mass is 32.2. The van der Waals surface area contributed by atoms with Gasteiger partial charge < -0.3 is 5.32 Å². The molecule has 0 aliphatic rings. The van der Waals surface area contributed by atoms with Gasteiger partial charge in [0.25, 0.3) is 0 Å². The first kappa shape index (κ1) is 14.4. The van der Waals surface area contributed by atoms with Gasteiger partial charge in [-0.25, -0.2) is 0 Å². The molecule has 1 amide bonds. The number of thioether (sulfide) groups is 1. The molecule has 0 fully saturated rings. The van der Waals surface area contributed by atoms with Crippen LogP contribution in [-0.4, -0.2) is 17.2 Å². The lowest BCUT2D eigenvalue weighted by molar-refractivity contribution is -0.121. The number of hydrogen-bond acceptors (Lipinski definition) is 3. The van der Waals surface area contributed by atoms with Crippen LogP contribution in [0.5, 0.6) is 0 Å². The fraction of sp³-hybridized carbons (Fsp3) is 0.500. The van der Waals surface area contributed by atoms with E-state index in [0.29, 0.717) is 0 Å². The van der Waals surface area contributed by atoms with Crippen molar-refractivity contribution in [2.45, 2.75) is 24.9 Å². The normalized spacial score (nSPS) is 13.4. The van der Waals surface area contributed by atoms with Gasteiger partial charge in [0.05, 0.1) is 6.04 Å². The number of amides is 1. The second-order valence-corrected chi connectivity index (χ2v) is 5.49. The number of halogens is 3. The second-order valence-electron chi connectivity index (χ2n) is 3.35. The summed E-state index contributed by atoms with van der Waals surface area (Å²) >= 11 is 1.33. The zero-order valence-corrected chi connectivity index (χ0v) is 10.7. The minimum absolute atomic E-state index is 0.125. The molecule has 1 atom stereocenters. The van der Waals surface area contributed by atoms with E-state index in [-0.39, 0.29) is 35.9 Å². The largest absolute Gasteiger partial charge is 0.441 e. The van der Waals surface area contributed by atoms with E-state index >= 15 is 0 Å². The average Bonchev–Trinajstić information content (AvgIpc) is 2.67. The molecular weight excluding hydrogens is 271 g/mol. The highest BCUT2D eigenvalue weighted by molar-refractivity contribution is 8.00. The van der Waals surface area contributed by atoms with Gasteiger partial charge >= 0.3 is 5.51 Å². The Morgan fingerprint density at radius 1 is 1.59 bits per heavy atom. The summed E-state index contributed by atoms with van der Waals surface area (Å²) in [6.45, 7) is 1.81. The lowest BCUT2D eigenvalue weighted by Crippen LogP contribution is -2.26. The Labute approximate surface area is 106 Å². The maximum atomic E-state index is 11.8. The van der Waals surface area contributed by atoms with E-state index in [0.717, 1.165) is 4.88 Å². The van der Waals surface area contributed by atoms with E-state index in [2.05, 4.69) is 5.32 Å². The molecule has 0 saturated heterocycles. The maximum Gasteiger partial charge on any atom is 0.441 e. The highest BCUT2D eigenvalue weighted by Gasteiger charge is 2.28. The topological polar surface area (TPSA) is 29.1 Å². The summed E-state index contributed by atoms with van der Waals surface area (Å²) in [5, 5.41) is 4.55. The van der Waals surface area contributed by atoms with Crippen molar-refractivity contribution in [3.63, 3.8) is 0 Å². The van der Waals surface area contributed by atoms with E-state index in [4.69, 9.17) is 0 Å². The fourth-order valence-electron chi connectivity index (χ4n) is 1.18. The third-order valence-electron chi connectivity index (χ3n) is 1.94. The van der Waals surface area contributed by atoms with Crippen LogP contribution in [0.2, 0.25) is 0 Å². The number of alkyl halides is 3. The van der Waals surface area contributed by atoms with Crippen LogP contribution >= 0.6 is 23.1 Å². The Morgan fingerprint density at radius 2 is 2.29 bits per heavy atom. The van der Waals surface area contributed by atoms with Crippen LogP contribution in [0.4, 0.5) is 13.2 Å². The highest BCUT2D eigenvalue weighted by Crippen LogP contribution is 2.30. The summed E-state index contributed by atoms with van der Waals surface area (Å²) < 4.78 is 35.5. The van der Waals surface area contributed by atoms with Crippen LogP contribution in [0.15, 0.2) is 17.5 Å². The second kappa shape index (κ2) is 6.30. The van der Waals surface area contributed by atoms with E-state index in [1.807, 2.05) is 17.5 Å². The summed E-state index contributed by atoms with van der Waals surface area (Å²) in [7, 11) is 0. The predicted octanol–water partition coefficient (Wildman–Crippen LogP) is 3.57. The molecule has 0 aliphatic carbocycles. The molecule has 1 aromatic heterocycles. The number of thiophene rings is 1. The zero-order valence-electron chi connectivity index (χ0n) is 9.08. The summed E-state index contributed by atoms with van der Waals surface area (Å²) in [5.41, 5.74) is -4.26. The SMILES string of the molecule is C[C@H](NC(=O)CCSC(F)(F)F)c1cccs1. The average molecular weight is 283 g/mol. The third-order valence-corrected chi connectivity index (χ3v) is 3.73. The van der Waals surface area contributed by atoms with Crippen LogP contribution in [0.1, 0.15) is 24.3 Å². The van der Waals surface area contributed by atoms with Gasteiger partial charge in [0.1, 0.15) is 0 Å². The lowest BCUT2D eigenvalue weighted by atomic mass is 10.2. The van der Waals surface area contributed by atoms with E-state index in [9.17, 15) is 18.0 Å². The molecule has 0 radical (unpaired) electrons. The first-order valence-corrected chi connectivity index (χ1v) is 6.78. The molecule has 1 aromatic rings. The molecule has 0 aromatic carbocycles. The van der Waals surface area contributed by atoms with Crippen molar-refractivity contribution in [2.24, 2.45) is 0 Å². The molecule has 1 heterocycles. The van der Waals surface area contributed by atoms with Crippen LogP contribution < -0.4 is 5.32 Å². The number of carbonyl (C=O) groups excluding carboxylic acids is 1. The molecule has 1 rings (SSSR count). The molecule has 2 nitrogen and oxygen atoms in total. The number of hydrogen-bond donors (Lipinski definition) is 1. The van der Waals surface area contributed by atoms with Crippen molar-refractivity contribution in [1.29, 1.82) is 0 Å². The predicted molar refractivity (Wildman–Crippen MR) is 64.0 cm³/mol. The summed E-state index contributed by atoms with van der Waals surface area (Å²) in [4.78, 5) is 12.3. The number of nitrogens with one attached hydrogen (secondary N) is 1. The minimum Gasteiger partial charge on any atom is -0.349 e. The number of rotatable bonds is 5. The lowest BCUT2D eigenvalue weighted by Gasteiger charge is -2.12. The minimum atomic E-state index is -4.26. The summed E-state index contributed by atoms with van der Waals surface area (Å²) in [5.74, 6) is -0.602. The van der Waals surface area contributed by atoms with Gasteiger partial charge in [-0.2, -0.15) is 13.2 Å². The molecule has 96 valence electrons. The van der Waals surface area contributed by atoms with E-state index in [1.54, 1.807) is 6.92 Å². The molecule has 0 spiro atoms. The molecule has 0 bridgehead atoms. The number of carbonyl (C=O) groups is 1. The first-order chi connectivity index (χ1) is 7.88. The Bertz CT molecular complexity index is 351. The molecule has 0 saturated carbocycles. The molecule has 0 unspecified atom stereocenters. The van der Waals surface area contributed by atoms with Gasteiger partial charge in [0.2, 0.25) is 5.91 Å². The van der Waals surface area contributed by atoms with Gasteiger partial charge in [-0.05, 0) is 18.4 Å². The Morgan fingerprint density at radius 3 is 2.82 bits per heavy atom. The van der Waals surface area contributed by atoms with Gasteiger partial charge in [-0.1, -0.05) is 17.8 Å². The first-order valence-electron chi connectivity index (χ1n) is 4.92. The summed E-state index contributed by atoms with van der Waals surface area (Å²) in [6.07, 6.45) is -0.125. The van der Waals surface area contributed by atoms with Crippen molar-refractivity contribution >= 4 is 29.0 Å². The molecule has 1 N–H and O–H groups in total. The zero-order chi connectivity index (χ0) is 12.9. The quantitative estimate of drug-likeness (QED) is 0.895. The van der Waals surface area contributed by atoms with Crippen LogP contribution in [0, 0.1) is 0 Å². The Kier molecular flexibility index (Phi) is 5.32. The maximum absolute atomic E-state index is 11.8. The van der Waals surface area contributed by atoms with Crippen molar-refractivity contribution in [2.75, 3.05) is 5.75 Å². The standard InChI is InChI=1S/C10H12F3NOS2/c1-7(8-3-2-5-16-8)14-9(15)4-6-17-10(11,12)13/h2-3,5,7H,4,6H2,1H3,(H,14,15)/t7-/m0/s1. The molecule has 7 heteroatoms. The van der Waals surface area contributed by atoms with Crippen molar-refractivity contribution in [3.8, 4) is 0 Å². The van der Waals surface area contributed by atoms with Crippen molar-refractivity contribution in [3.05, 3.63) is 22.4 Å². The smallest absolute Gasteiger partial charge is 0.349 e. The van der Waals surface area contributed by atoms with Gasteiger partial charge in [0.15, 0.2) is 0 Å². The fourth-order valence-corrected chi connectivity index (χ4v) is 2.44. The Hall–Kier alpha value is -0.690. The van der Waals surface area contributed by atoms with Crippen LogP contribution in [-0.2, 0) is 4.79 Å². The van der Waals surface area contributed by atoms with E-state index < -0.39 is 5.51 Å². The van der Waals surface area contributed by atoms with Crippen LogP contribution in [0.25, 0.3) is 0 Å². The van der Waals surface area contributed by atoms with Crippen LogP contribution in [0.3, 0.4) is 0 Å². The van der Waals surface area contributed by atoms with Gasteiger partial charge in [-0.3, -0.25) is 4.79 Å². The molecule has 0 aliphatic heterocycles. The van der Waals surface area contributed by atoms with Gasteiger partial charge in [-0.15, -0.1) is 11.3 Å². The van der Waals surface area contributed by atoms with Gasteiger partial charge in [0, 0.05) is 17.1 Å². The van der Waals surface area contributed by atoms with E-state index in [1.165, 1.54) is 11.3 Å². The Balaban J connectivity index is 2.26.